The van der Waals surface area contributed by atoms with Gasteiger partial charge in [-0.1, -0.05) is 0 Å². The highest BCUT2D eigenvalue weighted by molar-refractivity contribution is 7.83. The van der Waals surface area contributed by atoms with Crippen LogP contribution in [0, 0.1) is 5.82 Å². The minimum atomic E-state index is -1.05. The molecule has 0 radical (unpaired) electrons. The van der Waals surface area contributed by atoms with Gasteiger partial charge in [0, 0.05) is 23.3 Å². The number of H-pyrrole nitrogens is 1. The molecule has 0 bridgehead atoms. The van der Waals surface area contributed by atoms with E-state index in [1.54, 1.807) is 17.5 Å². The molecule has 0 atom stereocenters. The van der Waals surface area contributed by atoms with Gasteiger partial charge in [0.05, 0.1) is 12.2 Å². The average molecular weight is 207 g/mol. The number of hydrogen-bond donors (Lipinski definition) is 1. The summed E-state index contributed by atoms with van der Waals surface area (Å²) in [5.41, 5.74) is -1.03. The zero-order valence-corrected chi connectivity index (χ0v) is 7.85. The van der Waals surface area contributed by atoms with Gasteiger partial charge in [0.25, 0.3) is 5.56 Å². The molecule has 7 heteroatoms. The second kappa shape index (κ2) is 5.41. The van der Waals surface area contributed by atoms with Gasteiger partial charge in [-0.05, 0) is 0 Å². The van der Waals surface area contributed by atoms with Crippen LogP contribution in [0.1, 0.15) is 0 Å². The molecule has 0 saturated heterocycles. The van der Waals surface area contributed by atoms with Crippen molar-refractivity contribution in [2.24, 2.45) is 0 Å². The monoisotopic (exact) mass is 207 g/mol. The minimum absolute atomic E-state index is 0.584. The smallest absolute Gasteiger partial charge is 0.286 e. The molecule has 5 nitrogen and oxygen atoms in total. The van der Waals surface area contributed by atoms with Crippen molar-refractivity contribution in [1.29, 1.82) is 0 Å². The van der Waals surface area contributed by atoms with Gasteiger partial charge in [0.1, 0.15) is 0 Å². The molecule has 13 heavy (non-hydrogen) atoms. The van der Waals surface area contributed by atoms with Crippen molar-refractivity contribution >= 4 is 10.8 Å². The van der Waals surface area contributed by atoms with Crippen molar-refractivity contribution in [3.05, 3.63) is 22.4 Å². The largest absolute Gasteiger partial charge is 0.846 e. The maximum absolute atomic E-state index is 12.0. The number of nitrogens with zero attached hydrogens (tertiary/aromatic N) is 1. The Kier molecular flexibility index (Phi) is 4.90. The standard InChI is InChI=1S/C4H3FN2O2.C2H6OS/c5-2-1-6-4(9)7-3(2)8;1-4(2)3/h1H,(H2,6,7,8,9);1-2H3/p-1. The Bertz CT molecular complexity index is 348. The van der Waals surface area contributed by atoms with E-state index in [0.717, 1.165) is 0 Å². The molecule has 1 heterocycles. The second-order valence-corrected chi connectivity index (χ2v) is 3.59. The lowest BCUT2D eigenvalue weighted by molar-refractivity contribution is -0.282. The summed E-state index contributed by atoms with van der Waals surface area (Å²) in [6.07, 6.45) is 3.86. The van der Waals surface area contributed by atoms with Crippen LogP contribution in [0.2, 0.25) is 0 Å². The van der Waals surface area contributed by atoms with Crippen molar-refractivity contribution in [2.75, 3.05) is 12.5 Å². The first kappa shape index (κ1) is 11.8. The molecule has 0 saturated carbocycles. The van der Waals surface area contributed by atoms with Crippen LogP contribution >= 0.6 is 0 Å². The quantitative estimate of drug-likeness (QED) is 0.589. The van der Waals surface area contributed by atoms with Crippen LogP contribution < -0.4 is 10.7 Å². The van der Waals surface area contributed by atoms with E-state index in [4.69, 9.17) is 0 Å². The van der Waals surface area contributed by atoms with Crippen molar-refractivity contribution in [3.63, 3.8) is 0 Å². The van der Waals surface area contributed by atoms with E-state index >= 15 is 0 Å². The number of halogens is 1. The molecule has 0 fully saturated rings. The van der Waals surface area contributed by atoms with E-state index in [9.17, 15) is 18.5 Å². The fourth-order valence-corrected chi connectivity index (χ4v) is 0.363. The summed E-state index contributed by atoms with van der Waals surface area (Å²) in [7, 11) is -0.611. The van der Waals surface area contributed by atoms with E-state index in [0.29, 0.717) is 6.20 Å². The molecule has 0 aliphatic rings. The summed E-state index contributed by atoms with van der Waals surface area (Å²) in [6, 6.07) is -0.832. The Morgan fingerprint density at radius 3 is 2.38 bits per heavy atom. The normalized spacial score (nSPS) is 9.23. The van der Waals surface area contributed by atoms with Gasteiger partial charge in [0.2, 0.25) is 5.82 Å². The molecule has 1 aromatic heterocycles. The number of hydrogen-bond acceptors (Lipinski definition) is 4. The molecule has 0 spiro atoms. The predicted molar refractivity (Wildman–Crippen MR) is 44.3 cm³/mol. The Balaban J connectivity index is 0.000000310. The van der Waals surface area contributed by atoms with Gasteiger partial charge in [-0.15, -0.1) is 0 Å². The number of nitrogens with one attached hydrogen (secondary N) is 1. The Morgan fingerprint density at radius 1 is 1.62 bits per heavy atom. The molecule has 1 N–H and O–H groups in total. The fraction of sp³-hybridized carbons (Fsp3) is 0.333. The van der Waals surface area contributed by atoms with Crippen LogP contribution in [0.15, 0.2) is 11.0 Å². The molecule has 1 aromatic rings. The van der Waals surface area contributed by atoms with Crippen molar-refractivity contribution in [2.45, 2.75) is 0 Å². The summed E-state index contributed by atoms with van der Waals surface area (Å²) in [5, 5.41) is 10.1. The van der Waals surface area contributed by atoms with E-state index in [1.165, 1.54) is 0 Å². The molecule has 74 valence electrons. The highest BCUT2D eigenvalue weighted by Crippen LogP contribution is 1.86. The van der Waals surface area contributed by atoms with Crippen molar-refractivity contribution in [3.8, 4) is 6.01 Å². The Hall–Kier alpha value is -1.24. The van der Waals surface area contributed by atoms with E-state index in [-0.39, 0.29) is 0 Å². The van der Waals surface area contributed by atoms with Gasteiger partial charge in [-0.25, -0.2) is 0 Å². The highest BCUT2D eigenvalue weighted by Gasteiger charge is 1.92. The third-order valence-corrected chi connectivity index (χ3v) is 0.733. The number of rotatable bonds is 0. The Labute approximate surface area is 76.1 Å². The summed E-state index contributed by atoms with van der Waals surface area (Å²) in [6.45, 7) is 0. The minimum Gasteiger partial charge on any atom is -0.846 e. The molecule has 1 rings (SSSR count). The zero-order valence-electron chi connectivity index (χ0n) is 7.04. The first-order chi connectivity index (χ1) is 5.93. The van der Waals surface area contributed by atoms with Crippen LogP contribution in [0.5, 0.6) is 6.01 Å². The molecular formula is C6H8FN2O3S-. The summed E-state index contributed by atoms with van der Waals surface area (Å²) < 4.78 is 21.5. The molecule has 0 aliphatic carbocycles. The first-order valence-electron chi connectivity index (χ1n) is 3.10. The summed E-state index contributed by atoms with van der Waals surface area (Å²) >= 11 is 0. The highest BCUT2D eigenvalue weighted by atomic mass is 32.2. The lowest BCUT2D eigenvalue weighted by atomic mass is 10.6. The first-order valence-corrected chi connectivity index (χ1v) is 5.07. The van der Waals surface area contributed by atoms with E-state index < -0.39 is 28.2 Å². The van der Waals surface area contributed by atoms with Crippen LogP contribution in [0.4, 0.5) is 4.39 Å². The number of aromatic nitrogens is 2. The summed E-state index contributed by atoms with van der Waals surface area (Å²) in [4.78, 5) is 14.8. The van der Waals surface area contributed by atoms with Crippen LogP contribution in [0.3, 0.4) is 0 Å². The zero-order chi connectivity index (χ0) is 10.4. The van der Waals surface area contributed by atoms with Crippen LogP contribution in [0.25, 0.3) is 0 Å². The fourth-order valence-electron chi connectivity index (χ4n) is 0.363. The van der Waals surface area contributed by atoms with Gasteiger partial charge in [-0.2, -0.15) is 4.39 Å². The van der Waals surface area contributed by atoms with Gasteiger partial charge >= 0.3 is 0 Å². The third-order valence-electron chi connectivity index (χ3n) is 0.733. The molecule has 0 aliphatic heterocycles. The molecular weight excluding hydrogens is 199 g/mol. The molecule has 0 amide bonds. The molecule has 0 aromatic carbocycles. The lowest BCUT2D eigenvalue weighted by Gasteiger charge is -1.98. The van der Waals surface area contributed by atoms with Crippen molar-refractivity contribution in [1.82, 2.24) is 9.97 Å². The van der Waals surface area contributed by atoms with Crippen molar-refractivity contribution < 1.29 is 13.7 Å². The average Bonchev–Trinajstić information content (AvgIpc) is 1.96. The maximum atomic E-state index is 12.0. The summed E-state index contributed by atoms with van der Waals surface area (Å²) in [5.74, 6) is -1.05. The lowest BCUT2D eigenvalue weighted by Crippen LogP contribution is -2.14. The third kappa shape index (κ3) is 5.97. The molecule has 0 unspecified atom stereocenters. The predicted octanol–water partition coefficient (Wildman–Crippen LogP) is -1.02. The van der Waals surface area contributed by atoms with Crippen LogP contribution in [-0.4, -0.2) is 26.7 Å². The maximum Gasteiger partial charge on any atom is 0.286 e. The van der Waals surface area contributed by atoms with E-state index in [1.807, 2.05) is 0 Å². The van der Waals surface area contributed by atoms with Crippen LogP contribution in [-0.2, 0) is 10.8 Å². The Morgan fingerprint density at radius 2 is 2.08 bits per heavy atom. The van der Waals surface area contributed by atoms with Gasteiger partial charge in [0.15, 0.2) is 0 Å². The van der Waals surface area contributed by atoms with Gasteiger partial charge in [-0.3, -0.25) is 14.0 Å². The van der Waals surface area contributed by atoms with E-state index in [2.05, 4.69) is 4.98 Å². The second-order valence-electron chi connectivity index (χ2n) is 2.11. The van der Waals surface area contributed by atoms with Gasteiger partial charge < -0.3 is 10.1 Å². The SMILES string of the molecule is CS(C)=O.O=c1[nH]c([O-])ncc1F. The topological polar surface area (TPSA) is 85.9 Å². The number of aromatic amines is 1.